The molecular formula is C15H20N2O4. The highest BCUT2D eigenvalue weighted by Gasteiger charge is 2.43. The molecule has 0 bridgehead atoms. The van der Waals surface area contributed by atoms with E-state index in [4.69, 9.17) is 9.84 Å². The predicted molar refractivity (Wildman–Crippen MR) is 78.5 cm³/mol. The molecule has 0 aliphatic carbocycles. The van der Waals surface area contributed by atoms with Gasteiger partial charge in [0.05, 0.1) is 13.1 Å². The van der Waals surface area contributed by atoms with Gasteiger partial charge in [-0.3, -0.25) is 4.90 Å². The number of carbonyl (C=O) groups excluding carboxylic acids is 1. The molecule has 1 fully saturated rings. The molecule has 0 radical (unpaired) electrons. The minimum Gasteiger partial charge on any atom is -0.480 e. The molecule has 1 aliphatic rings. The number of urea groups is 1. The number of aryl methyl sites for hydroxylation is 1. The largest absolute Gasteiger partial charge is 0.480 e. The maximum absolute atomic E-state index is 12.4. The van der Waals surface area contributed by atoms with Crippen LogP contribution in [-0.2, 0) is 9.53 Å². The van der Waals surface area contributed by atoms with Crippen molar-refractivity contribution in [2.24, 2.45) is 0 Å². The van der Waals surface area contributed by atoms with Crippen molar-refractivity contribution in [3.63, 3.8) is 0 Å². The van der Waals surface area contributed by atoms with Crippen LogP contribution in [0, 0.1) is 6.92 Å². The number of hydrogen-bond donors (Lipinski definition) is 1. The molecule has 114 valence electrons. The topological polar surface area (TPSA) is 70.1 Å². The molecule has 1 aromatic carbocycles. The summed E-state index contributed by atoms with van der Waals surface area (Å²) >= 11 is 0. The van der Waals surface area contributed by atoms with Crippen LogP contribution in [0.2, 0.25) is 0 Å². The third kappa shape index (κ3) is 3.33. The normalized spacial score (nSPS) is 16.2. The average Bonchev–Trinajstić information content (AvgIpc) is 2.41. The van der Waals surface area contributed by atoms with E-state index in [0.717, 1.165) is 11.3 Å². The van der Waals surface area contributed by atoms with Gasteiger partial charge in [-0.05, 0) is 25.5 Å². The molecule has 0 unspecified atom stereocenters. The Morgan fingerprint density at radius 2 is 2.00 bits per heavy atom. The zero-order valence-corrected chi connectivity index (χ0v) is 12.5. The van der Waals surface area contributed by atoms with Gasteiger partial charge in [-0.1, -0.05) is 18.2 Å². The van der Waals surface area contributed by atoms with Gasteiger partial charge in [-0.15, -0.1) is 0 Å². The molecule has 2 rings (SSSR count). The summed E-state index contributed by atoms with van der Waals surface area (Å²) in [6, 6.07) is 7.56. The van der Waals surface area contributed by atoms with Crippen molar-refractivity contribution in [1.29, 1.82) is 0 Å². The highest BCUT2D eigenvalue weighted by molar-refractivity contribution is 5.92. The lowest BCUT2D eigenvalue weighted by Crippen LogP contribution is -2.65. The van der Waals surface area contributed by atoms with E-state index >= 15 is 0 Å². The molecule has 1 aliphatic heterocycles. The fourth-order valence-corrected chi connectivity index (χ4v) is 2.48. The molecule has 0 saturated carbocycles. The van der Waals surface area contributed by atoms with Gasteiger partial charge in [0.1, 0.15) is 12.2 Å². The molecule has 1 aromatic rings. The zero-order valence-electron chi connectivity index (χ0n) is 12.5. The molecular weight excluding hydrogens is 272 g/mol. The lowest BCUT2D eigenvalue weighted by atomic mass is 9.97. The number of carboxylic acid groups (broad SMARTS) is 1. The van der Waals surface area contributed by atoms with Gasteiger partial charge in [0.2, 0.25) is 0 Å². The number of rotatable bonds is 4. The molecule has 0 spiro atoms. The van der Waals surface area contributed by atoms with Crippen LogP contribution in [0.25, 0.3) is 0 Å². The first-order chi connectivity index (χ1) is 9.82. The van der Waals surface area contributed by atoms with Crippen molar-refractivity contribution in [2.75, 3.05) is 31.6 Å². The van der Waals surface area contributed by atoms with Gasteiger partial charge in [-0.25, -0.2) is 9.59 Å². The number of aliphatic carboxylic acids is 1. The number of benzene rings is 1. The van der Waals surface area contributed by atoms with E-state index in [1.165, 1.54) is 0 Å². The second kappa shape index (κ2) is 5.73. The first-order valence-electron chi connectivity index (χ1n) is 6.76. The number of carbonyl (C=O) groups is 2. The van der Waals surface area contributed by atoms with E-state index in [1.807, 2.05) is 38.1 Å². The van der Waals surface area contributed by atoms with Gasteiger partial charge >= 0.3 is 12.0 Å². The predicted octanol–water partition coefficient (Wildman–Crippen LogP) is 1.73. The summed E-state index contributed by atoms with van der Waals surface area (Å²) in [4.78, 5) is 26.2. The SMILES string of the molecule is Cc1ccccc1N(C)C(=O)N1CC(C)(OCC(=O)O)C1. The highest BCUT2D eigenvalue weighted by Crippen LogP contribution is 2.27. The smallest absolute Gasteiger partial charge is 0.329 e. The summed E-state index contributed by atoms with van der Waals surface area (Å²) in [6.45, 7) is 4.22. The van der Waals surface area contributed by atoms with E-state index in [9.17, 15) is 9.59 Å². The quantitative estimate of drug-likeness (QED) is 0.917. The molecule has 1 N–H and O–H groups in total. The standard InChI is InChI=1S/C15H20N2O4/c1-11-6-4-5-7-12(11)16(3)14(20)17-9-15(2,10-17)21-8-13(18)19/h4-7H,8-10H2,1-3H3,(H,18,19). The van der Waals surface area contributed by atoms with Crippen LogP contribution < -0.4 is 4.90 Å². The van der Waals surface area contributed by atoms with Crippen LogP contribution >= 0.6 is 0 Å². The Bertz CT molecular complexity index is 552. The van der Waals surface area contributed by atoms with Crippen LogP contribution in [0.15, 0.2) is 24.3 Å². The Hall–Kier alpha value is -2.08. The van der Waals surface area contributed by atoms with Crippen molar-refractivity contribution in [2.45, 2.75) is 19.4 Å². The molecule has 21 heavy (non-hydrogen) atoms. The number of likely N-dealkylation sites (tertiary alicyclic amines) is 1. The number of anilines is 1. The molecule has 6 nitrogen and oxygen atoms in total. The van der Waals surface area contributed by atoms with Gasteiger partial charge in [0.25, 0.3) is 0 Å². The Kier molecular flexibility index (Phi) is 4.18. The Morgan fingerprint density at radius 1 is 1.38 bits per heavy atom. The van der Waals surface area contributed by atoms with E-state index in [2.05, 4.69) is 0 Å². The van der Waals surface area contributed by atoms with E-state index in [0.29, 0.717) is 13.1 Å². The summed E-state index contributed by atoms with van der Waals surface area (Å²) in [6.07, 6.45) is 0. The van der Waals surface area contributed by atoms with E-state index < -0.39 is 11.6 Å². The van der Waals surface area contributed by atoms with Crippen molar-refractivity contribution in [1.82, 2.24) is 4.90 Å². The first kappa shape index (κ1) is 15.3. The number of nitrogens with zero attached hydrogens (tertiary/aromatic N) is 2. The Labute approximate surface area is 123 Å². The minimum atomic E-state index is -1.00. The van der Waals surface area contributed by atoms with Gasteiger partial charge < -0.3 is 14.7 Å². The third-order valence-electron chi connectivity index (χ3n) is 3.63. The van der Waals surface area contributed by atoms with Crippen molar-refractivity contribution in [3.8, 4) is 0 Å². The number of ether oxygens (including phenoxy) is 1. The number of carboxylic acids is 1. The fraction of sp³-hybridized carbons (Fsp3) is 0.467. The maximum Gasteiger partial charge on any atom is 0.329 e. The Morgan fingerprint density at radius 3 is 2.57 bits per heavy atom. The lowest BCUT2D eigenvalue weighted by molar-refractivity contribution is -0.159. The molecule has 0 atom stereocenters. The van der Waals surface area contributed by atoms with Crippen molar-refractivity contribution in [3.05, 3.63) is 29.8 Å². The average molecular weight is 292 g/mol. The van der Waals surface area contributed by atoms with Crippen LogP contribution in [0.5, 0.6) is 0 Å². The number of amides is 2. The fourth-order valence-electron chi connectivity index (χ4n) is 2.48. The van der Waals surface area contributed by atoms with Gasteiger partial charge in [0, 0.05) is 12.7 Å². The lowest BCUT2D eigenvalue weighted by Gasteiger charge is -2.48. The maximum atomic E-state index is 12.4. The third-order valence-corrected chi connectivity index (χ3v) is 3.63. The monoisotopic (exact) mass is 292 g/mol. The van der Waals surface area contributed by atoms with Crippen molar-refractivity contribution >= 4 is 17.7 Å². The van der Waals surface area contributed by atoms with Crippen LogP contribution in [-0.4, -0.2) is 54.4 Å². The summed E-state index contributed by atoms with van der Waals surface area (Å²) in [5.41, 5.74) is 1.32. The summed E-state index contributed by atoms with van der Waals surface area (Å²) < 4.78 is 5.30. The summed E-state index contributed by atoms with van der Waals surface area (Å²) in [5, 5.41) is 8.63. The number of hydrogen-bond acceptors (Lipinski definition) is 3. The van der Waals surface area contributed by atoms with Gasteiger partial charge in [0.15, 0.2) is 0 Å². The molecule has 0 aromatic heterocycles. The molecule has 1 heterocycles. The van der Waals surface area contributed by atoms with Gasteiger partial charge in [-0.2, -0.15) is 0 Å². The van der Waals surface area contributed by atoms with Crippen LogP contribution in [0.1, 0.15) is 12.5 Å². The first-order valence-corrected chi connectivity index (χ1v) is 6.76. The summed E-state index contributed by atoms with van der Waals surface area (Å²) in [7, 11) is 1.73. The number of para-hydroxylation sites is 1. The van der Waals surface area contributed by atoms with E-state index in [-0.39, 0.29) is 12.6 Å². The zero-order chi connectivity index (χ0) is 15.6. The van der Waals surface area contributed by atoms with E-state index in [1.54, 1.807) is 16.8 Å². The van der Waals surface area contributed by atoms with Crippen LogP contribution in [0.3, 0.4) is 0 Å². The summed E-state index contributed by atoms with van der Waals surface area (Å²) in [5.74, 6) is -1.00. The molecule has 1 saturated heterocycles. The highest BCUT2D eigenvalue weighted by atomic mass is 16.5. The minimum absolute atomic E-state index is 0.110. The second-order valence-corrected chi connectivity index (χ2v) is 5.62. The van der Waals surface area contributed by atoms with Crippen molar-refractivity contribution < 1.29 is 19.4 Å². The second-order valence-electron chi connectivity index (χ2n) is 5.62. The molecule has 2 amide bonds. The van der Waals surface area contributed by atoms with Crippen LogP contribution in [0.4, 0.5) is 10.5 Å². The molecule has 6 heteroatoms. The Balaban J connectivity index is 1.94.